The zero-order chi connectivity index (χ0) is 13.1. The molecule has 0 aliphatic heterocycles. The van der Waals surface area contributed by atoms with E-state index in [1.165, 1.54) is 10.4 Å². The summed E-state index contributed by atoms with van der Waals surface area (Å²) in [5.41, 5.74) is 8.87. The van der Waals surface area contributed by atoms with Gasteiger partial charge in [-0.05, 0) is 42.1 Å². The fraction of sp³-hybridized carbons (Fsp3) is 0.154. The van der Waals surface area contributed by atoms with Gasteiger partial charge in [-0.25, -0.2) is 0 Å². The van der Waals surface area contributed by atoms with Crippen molar-refractivity contribution in [3.8, 4) is 0 Å². The molecule has 1 aromatic heterocycles. The van der Waals surface area contributed by atoms with Crippen molar-refractivity contribution in [1.29, 1.82) is 0 Å². The minimum absolute atomic E-state index is 0.410. The summed E-state index contributed by atoms with van der Waals surface area (Å²) in [5.74, 6) is 0. The van der Waals surface area contributed by atoms with Crippen molar-refractivity contribution < 1.29 is 0 Å². The molecule has 0 saturated carbocycles. The van der Waals surface area contributed by atoms with Crippen LogP contribution in [0.25, 0.3) is 0 Å². The molecule has 5 heteroatoms. The van der Waals surface area contributed by atoms with Crippen molar-refractivity contribution in [2.45, 2.75) is 13.5 Å². The minimum atomic E-state index is 0.410. The zero-order valence-corrected chi connectivity index (χ0v) is 13.1. The van der Waals surface area contributed by atoms with Crippen molar-refractivity contribution in [1.82, 2.24) is 0 Å². The SMILES string of the molecule is Cc1ccsc1CNc1cc(Br)ccc1C(N)=S. The molecule has 0 spiro atoms. The summed E-state index contributed by atoms with van der Waals surface area (Å²) in [4.78, 5) is 1.73. The molecule has 1 aromatic carbocycles. The number of rotatable bonds is 4. The lowest BCUT2D eigenvalue weighted by molar-refractivity contribution is 1.16. The summed E-state index contributed by atoms with van der Waals surface area (Å²) in [6.07, 6.45) is 0. The van der Waals surface area contributed by atoms with Crippen molar-refractivity contribution in [2.24, 2.45) is 5.73 Å². The van der Waals surface area contributed by atoms with Gasteiger partial charge < -0.3 is 11.1 Å². The number of nitrogens with two attached hydrogens (primary N) is 1. The Kier molecular flexibility index (Phi) is 4.37. The maximum absolute atomic E-state index is 5.72. The lowest BCUT2D eigenvalue weighted by atomic mass is 10.1. The van der Waals surface area contributed by atoms with Crippen LogP contribution in [-0.2, 0) is 6.54 Å². The first-order valence-electron chi connectivity index (χ1n) is 5.44. The molecular weight excluding hydrogens is 328 g/mol. The molecule has 0 radical (unpaired) electrons. The van der Waals surface area contributed by atoms with Gasteiger partial charge in [-0.2, -0.15) is 0 Å². The van der Waals surface area contributed by atoms with Gasteiger partial charge in [-0.3, -0.25) is 0 Å². The van der Waals surface area contributed by atoms with Crippen LogP contribution >= 0.6 is 39.5 Å². The van der Waals surface area contributed by atoms with E-state index in [0.29, 0.717) is 4.99 Å². The van der Waals surface area contributed by atoms with Crippen LogP contribution in [0.2, 0.25) is 0 Å². The summed E-state index contributed by atoms with van der Waals surface area (Å²) in [5, 5.41) is 5.49. The van der Waals surface area contributed by atoms with Crippen molar-refractivity contribution in [3.63, 3.8) is 0 Å². The Hall–Kier alpha value is -0.910. The number of hydrogen-bond acceptors (Lipinski definition) is 3. The van der Waals surface area contributed by atoms with E-state index >= 15 is 0 Å². The molecule has 2 rings (SSSR count). The van der Waals surface area contributed by atoms with Crippen LogP contribution in [0.15, 0.2) is 34.1 Å². The highest BCUT2D eigenvalue weighted by Crippen LogP contribution is 2.23. The molecule has 0 aliphatic rings. The third-order valence-corrected chi connectivity index (χ3v) is 4.39. The Morgan fingerprint density at radius 3 is 2.83 bits per heavy atom. The molecule has 2 nitrogen and oxygen atoms in total. The normalized spacial score (nSPS) is 10.3. The average Bonchev–Trinajstić information content (AvgIpc) is 2.72. The van der Waals surface area contributed by atoms with Gasteiger partial charge in [-0.15, -0.1) is 11.3 Å². The molecule has 0 aliphatic carbocycles. The first-order chi connectivity index (χ1) is 8.58. The van der Waals surface area contributed by atoms with Gasteiger partial charge in [0.15, 0.2) is 0 Å². The molecule has 0 bridgehead atoms. The zero-order valence-electron chi connectivity index (χ0n) is 9.87. The van der Waals surface area contributed by atoms with E-state index in [2.05, 4.69) is 39.6 Å². The van der Waals surface area contributed by atoms with Gasteiger partial charge in [0.1, 0.15) is 4.99 Å². The van der Waals surface area contributed by atoms with Crippen LogP contribution in [0.5, 0.6) is 0 Å². The lowest BCUT2D eigenvalue weighted by Crippen LogP contribution is -2.13. The number of anilines is 1. The second-order valence-corrected chi connectivity index (χ2v) is 6.29. The summed E-state index contributed by atoms with van der Waals surface area (Å²) in [7, 11) is 0. The maximum atomic E-state index is 5.72. The Balaban J connectivity index is 2.20. The molecule has 18 heavy (non-hydrogen) atoms. The van der Waals surface area contributed by atoms with Crippen LogP contribution < -0.4 is 11.1 Å². The number of thiophene rings is 1. The first-order valence-corrected chi connectivity index (χ1v) is 7.52. The largest absolute Gasteiger partial charge is 0.389 e. The monoisotopic (exact) mass is 340 g/mol. The molecule has 0 amide bonds. The van der Waals surface area contributed by atoms with E-state index in [1.54, 1.807) is 11.3 Å². The van der Waals surface area contributed by atoms with E-state index in [0.717, 1.165) is 22.3 Å². The van der Waals surface area contributed by atoms with E-state index in [1.807, 2.05) is 18.2 Å². The molecule has 0 unspecified atom stereocenters. The van der Waals surface area contributed by atoms with Crippen LogP contribution in [0.1, 0.15) is 16.0 Å². The Bertz CT molecular complexity index is 578. The highest BCUT2D eigenvalue weighted by Gasteiger charge is 2.07. The molecule has 0 atom stereocenters. The highest BCUT2D eigenvalue weighted by molar-refractivity contribution is 9.10. The summed E-state index contributed by atoms with van der Waals surface area (Å²) < 4.78 is 1.01. The van der Waals surface area contributed by atoms with Gasteiger partial charge >= 0.3 is 0 Å². The third-order valence-electron chi connectivity index (χ3n) is 2.65. The van der Waals surface area contributed by atoms with E-state index < -0.39 is 0 Å². The van der Waals surface area contributed by atoms with Gasteiger partial charge in [-0.1, -0.05) is 28.1 Å². The van der Waals surface area contributed by atoms with Crippen LogP contribution in [0.4, 0.5) is 5.69 Å². The van der Waals surface area contributed by atoms with Gasteiger partial charge in [0, 0.05) is 27.1 Å². The summed E-state index contributed by atoms with van der Waals surface area (Å²) in [6.45, 7) is 2.90. The minimum Gasteiger partial charge on any atom is -0.389 e. The number of aryl methyl sites for hydroxylation is 1. The fourth-order valence-corrected chi connectivity index (χ4v) is 3.02. The standard InChI is InChI=1S/C13H13BrN2S2/c1-8-4-5-18-12(8)7-16-11-6-9(14)2-3-10(11)13(15)17/h2-6,16H,7H2,1H3,(H2,15,17). The molecule has 94 valence electrons. The molecular formula is C13H13BrN2S2. The van der Waals surface area contributed by atoms with Gasteiger partial charge in [0.2, 0.25) is 0 Å². The Morgan fingerprint density at radius 2 is 2.22 bits per heavy atom. The molecule has 1 heterocycles. The quantitative estimate of drug-likeness (QED) is 0.824. The Morgan fingerprint density at radius 1 is 1.44 bits per heavy atom. The summed E-state index contributed by atoms with van der Waals surface area (Å²) >= 11 is 10.3. The predicted octanol–water partition coefficient (Wildman–Crippen LogP) is 4.07. The van der Waals surface area contributed by atoms with Crippen LogP contribution in [0.3, 0.4) is 0 Å². The van der Waals surface area contributed by atoms with E-state index in [9.17, 15) is 0 Å². The average molecular weight is 341 g/mol. The van der Waals surface area contributed by atoms with Crippen molar-refractivity contribution in [3.05, 3.63) is 50.1 Å². The number of halogens is 1. The van der Waals surface area contributed by atoms with Crippen molar-refractivity contribution in [2.75, 3.05) is 5.32 Å². The fourth-order valence-electron chi connectivity index (χ4n) is 1.64. The predicted molar refractivity (Wildman–Crippen MR) is 86.4 cm³/mol. The number of thiocarbonyl (C=S) groups is 1. The van der Waals surface area contributed by atoms with Gasteiger partial charge in [0.25, 0.3) is 0 Å². The third kappa shape index (κ3) is 3.10. The van der Waals surface area contributed by atoms with E-state index in [4.69, 9.17) is 18.0 Å². The van der Waals surface area contributed by atoms with Gasteiger partial charge in [0.05, 0.1) is 0 Å². The smallest absolute Gasteiger partial charge is 0.106 e. The molecule has 3 N–H and O–H groups in total. The molecule has 2 aromatic rings. The number of hydrogen-bond donors (Lipinski definition) is 2. The number of nitrogens with one attached hydrogen (secondary N) is 1. The summed E-state index contributed by atoms with van der Waals surface area (Å²) in [6, 6.07) is 7.99. The first kappa shape index (κ1) is 13.5. The lowest BCUT2D eigenvalue weighted by Gasteiger charge is -2.11. The topological polar surface area (TPSA) is 38.0 Å². The molecule has 0 saturated heterocycles. The number of benzene rings is 1. The molecule has 0 fully saturated rings. The second kappa shape index (κ2) is 5.82. The maximum Gasteiger partial charge on any atom is 0.106 e. The van der Waals surface area contributed by atoms with Crippen LogP contribution in [0, 0.1) is 6.92 Å². The van der Waals surface area contributed by atoms with Crippen LogP contribution in [-0.4, -0.2) is 4.99 Å². The second-order valence-electron chi connectivity index (χ2n) is 3.93. The van der Waals surface area contributed by atoms with E-state index in [-0.39, 0.29) is 0 Å². The Labute approximate surface area is 124 Å². The van der Waals surface area contributed by atoms with Crippen molar-refractivity contribution >= 4 is 50.2 Å². The highest BCUT2D eigenvalue weighted by atomic mass is 79.9.